The third kappa shape index (κ3) is 1.12. The predicted octanol–water partition coefficient (Wildman–Crippen LogP) is 0.258. The molecule has 1 atom stereocenters. The molecule has 0 aliphatic rings. The van der Waals surface area contributed by atoms with Crippen LogP contribution in [0.1, 0.15) is 18.7 Å². The molecule has 1 aromatic heterocycles. The van der Waals surface area contributed by atoms with Crippen LogP contribution in [0.25, 0.3) is 0 Å². The smallest absolute Gasteiger partial charge is 0.315 e. The number of carboxylic acids is 1. The molecule has 0 amide bonds. The lowest BCUT2D eigenvalue weighted by Gasteiger charge is -1.95. The average Bonchev–Trinajstić information content (AvgIpc) is 2.36. The van der Waals surface area contributed by atoms with Crippen molar-refractivity contribution >= 4 is 5.97 Å². The third-order valence-corrected chi connectivity index (χ3v) is 1.12. The zero-order valence-electron chi connectivity index (χ0n) is 5.31. The number of aliphatic carboxylic acids is 1. The number of nitrogens with zero attached hydrogens (tertiary/aromatic N) is 2. The van der Waals surface area contributed by atoms with Crippen LogP contribution in [0.3, 0.4) is 0 Å². The number of carboxylic acid groups (broad SMARTS) is 1. The van der Waals surface area contributed by atoms with E-state index in [2.05, 4.69) is 14.7 Å². The zero-order chi connectivity index (χ0) is 7.56. The summed E-state index contributed by atoms with van der Waals surface area (Å²) in [4.78, 5) is 13.8. The average molecular weight is 142 g/mol. The molecule has 54 valence electrons. The molecule has 0 fully saturated rings. The van der Waals surface area contributed by atoms with Crippen LogP contribution in [0, 0.1) is 0 Å². The monoisotopic (exact) mass is 142 g/mol. The molecule has 0 saturated heterocycles. The highest BCUT2D eigenvalue weighted by molar-refractivity contribution is 5.73. The maximum absolute atomic E-state index is 10.3. The van der Waals surface area contributed by atoms with Gasteiger partial charge in [-0.15, -0.1) is 0 Å². The zero-order valence-corrected chi connectivity index (χ0v) is 5.31. The van der Waals surface area contributed by atoms with Crippen molar-refractivity contribution in [2.24, 2.45) is 0 Å². The van der Waals surface area contributed by atoms with E-state index in [-0.39, 0.29) is 5.89 Å². The van der Waals surface area contributed by atoms with E-state index in [1.54, 1.807) is 0 Å². The Morgan fingerprint density at radius 2 is 2.60 bits per heavy atom. The Hall–Kier alpha value is -1.39. The molecule has 0 aliphatic heterocycles. The minimum atomic E-state index is -0.968. The summed E-state index contributed by atoms with van der Waals surface area (Å²) in [6.45, 7) is 1.48. The Morgan fingerprint density at radius 3 is 3.00 bits per heavy atom. The van der Waals surface area contributed by atoms with Crippen LogP contribution >= 0.6 is 0 Å². The maximum atomic E-state index is 10.3. The molecule has 1 heterocycles. The number of rotatable bonds is 2. The number of hydrogen-bond acceptors (Lipinski definition) is 4. The van der Waals surface area contributed by atoms with E-state index in [1.807, 2.05) is 0 Å². The number of hydrogen-bond donors (Lipinski definition) is 1. The van der Waals surface area contributed by atoms with E-state index in [9.17, 15) is 4.79 Å². The van der Waals surface area contributed by atoms with Crippen LogP contribution < -0.4 is 0 Å². The van der Waals surface area contributed by atoms with Crippen LogP contribution in [0.5, 0.6) is 0 Å². The Labute approximate surface area is 56.7 Å². The van der Waals surface area contributed by atoms with Crippen molar-refractivity contribution < 1.29 is 14.4 Å². The molecular weight excluding hydrogens is 136 g/mol. The highest BCUT2D eigenvalue weighted by Gasteiger charge is 2.18. The van der Waals surface area contributed by atoms with Gasteiger partial charge in [0.05, 0.1) is 0 Å². The van der Waals surface area contributed by atoms with Gasteiger partial charge in [0, 0.05) is 0 Å². The van der Waals surface area contributed by atoms with E-state index in [1.165, 1.54) is 13.3 Å². The molecule has 0 aliphatic carbocycles. The van der Waals surface area contributed by atoms with E-state index in [0.29, 0.717) is 0 Å². The second-order valence-corrected chi connectivity index (χ2v) is 1.84. The Bertz CT molecular complexity index is 219. The van der Waals surface area contributed by atoms with Gasteiger partial charge in [0.2, 0.25) is 5.89 Å². The second-order valence-electron chi connectivity index (χ2n) is 1.84. The number of carbonyl (C=O) groups is 1. The molecule has 5 heteroatoms. The van der Waals surface area contributed by atoms with Crippen molar-refractivity contribution in [1.29, 1.82) is 0 Å². The van der Waals surface area contributed by atoms with Gasteiger partial charge in [-0.3, -0.25) is 4.79 Å². The molecule has 1 N–H and O–H groups in total. The summed E-state index contributed by atoms with van der Waals surface area (Å²) in [5.74, 6) is -1.56. The van der Waals surface area contributed by atoms with Gasteiger partial charge in [-0.25, -0.2) is 0 Å². The topological polar surface area (TPSA) is 76.2 Å². The second kappa shape index (κ2) is 2.47. The summed E-state index contributed by atoms with van der Waals surface area (Å²) < 4.78 is 4.51. The molecule has 0 aromatic carbocycles. The molecule has 0 spiro atoms. The number of aromatic nitrogens is 2. The van der Waals surface area contributed by atoms with E-state index < -0.39 is 11.9 Å². The van der Waals surface area contributed by atoms with Crippen molar-refractivity contribution in [3.05, 3.63) is 12.2 Å². The van der Waals surface area contributed by atoms with Crippen LogP contribution in [-0.2, 0) is 4.79 Å². The van der Waals surface area contributed by atoms with Gasteiger partial charge in [0.25, 0.3) is 0 Å². The van der Waals surface area contributed by atoms with E-state index in [4.69, 9.17) is 5.11 Å². The molecule has 1 rings (SSSR count). The quantitative estimate of drug-likeness (QED) is 0.640. The largest absolute Gasteiger partial charge is 0.481 e. The van der Waals surface area contributed by atoms with Crippen molar-refractivity contribution in [2.75, 3.05) is 0 Å². The fourth-order valence-corrected chi connectivity index (χ4v) is 0.478. The van der Waals surface area contributed by atoms with Crippen LogP contribution in [-0.4, -0.2) is 21.2 Å². The molecule has 5 nitrogen and oxygen atoms in total. The molecule has 0 bridgehead atoms. The first kappa shape index (κ1) is 6.73. The normalized spacial score (nSPS) is 12.9. The van der Waals surface area contributed by atoms with Gasteiger partial charge in [0.1, 0.15) is 5.92 Å². The van der Waals surface area contributed by atoms with Crippen LogP contribution in [0.15, 0.2) is 10.9 Å². The first-order valence-electron chi connectivity index (χ1n) is 2.71. The first-order chi connectivity index (χ1) is 4.72. The summed E-state index contributed by atoms with van der Waals surface area (Å²) in [5, 5.41) is 11.7. The van der Waals surface area contributed by atoms with Crippen molar-refractivity contribution in [3.8, 4) is 0 Å². The molecule has 1 unspecified atom stereocenters. The van der Waals surface area contributed by atoms with Crippen LogP contribution in [0.4, 0.5) is 0 Å². The van der Waals surface area contributed by atoms with Crippen molar-refractivity contribution in [3.63, 3.8) is 0 Å². The highest BCUT2D eigenvalue weighted by atomic mass is 16.5. The SMILES string of the molecule is CC(C(=O)O)c1ncno1. The van der Waals surface area contributed by atoms with Gasteiger partial charge in [-0.05, 0) is 6.92 Å². The fourth-order valence-electron chi connectivity index (χ4n) is 0.478. The lowest BCUT2D eigenvalue weighted by Crippen LogP contribution is -2.07. The summed E-state index contributed by atoms with van der Waals surface area (Å²) in [7, 11) is 0. The minimum Gasteiger partial charge on any atom is -0.481 e. The molecule has 0 radical (unpaired) electrons. The fraction of sp³-hybridized carbons (Fsp3) is 0.400. The lowest BCUT2D eigenvalue weighted by atomic mass is 10.2. The van der Waals surface area contributed by atoms with Crippen molar-refractivity contribution in [1.82, 2.24) is 10.1 Å². The Kier molecular flexibility index (Phi) is 1.66. The Balaban J connectivity index is 2.77. The standard InChI is InChI=1S/C5H6N2O3/c1-3(5(8)9)4-6-2-7-10-4/h2-3H,1H3,(H,8,9). The van der Waals surface area contributed by atoms with Crippen LogP contribution in [0.2, 0.25) is 0 Å². The van der Waals surface area contributed by atoms with Crippen molar-refractivity contribution in [2.45, 2.75) is 12.8 Å². The molecular formula is C5H6N2O3. The van der Waals surface area contributed by atoms with Gasteiger partial charge in [0.15, 0.2) is 6.33 Å². The molecule has 10 heavy (non-hydrogen) atoms. The first-order valence-corrected chi connectivity index (χ1v) is 2.71. The summed E-state index contributed by atoms with van der Waals surface area (Å²) in [6, 6.07) is 0. The van der Waals surface area contributed by atoms with Gasteiger partial charge >= 0.3 is 5.97 Å². The summed E-state index contributed by atoms with van der Waals surface area (Å²) >= 11 is 0. The van der Waals surface area contributed by atoms with Gasteiger partial charge in [-0.1, -0.05) is 5.16 Å². The van der Waals surface area contributed by atoms with Gasteiger partial charge in [-0.2, -0.15) is 4.98 Å². The summed E-state index contributed by atoms with van der Waals surface area (Å²) in [5.41, 5.74) is 0. The van der Waals surface area contributed by atoms with E-state index in [0.717, 1.165) is 0 Å². The Morgan fingerprint density at radius 1 is 1.90 bits per heavy atom. The maximum Gasteiger partial charge on any atom is 0.315 e. The van der Waals surface area contributed by atoms with E-state index >= 15 is 0 Å². The third-order valence-electron chi connectivity index (χ3n) is 1.12. The lowest BCUT2D eigenvalue weighted by molar-refractivity contribution is -0.138. The molecule has 0 saturated carbocycles. The summed E-state index contributed by atoms with van der Waals surface area (Å²) in [6.07, 6.45) is 1.18. The molecule has 1 aromatic rings. The minimum absolute atomic E-state index is 0.132. The predicted molar refractivity (Wildman–Crippen MR) is 30.3 cm³/mol. The van der Waals surface area contributed by atoms with Gasteiger partial charge < -0.3 is 9.63 Å². The highest BCUT2D eigenvalue weighted by Crippen LogP contribution is 2.09.